The molecule has 0 saturated carbocycles. The molecule has 0 aliphatic carbocycles. The molecule has 2 fully saturated rings. The molecule has 0 aromatic carbocycles. The average Bonchev–Trinajstić information content (AvgIpc) is 2.69. The molecule has 5 heteroatoms. The highest BCUT2D eigenvalue weighted by atomic mass is 16.8. The summed E-state index contributed by atoms with van der Waals surface area (Å²) in [6.45, 7) is 8.37. The Kier molecular flexibility index (Phi) is 3.49. The summed E-state index contributed by atoms with van der Waals surface area (Å²) < 4.78 is 22.1. The average molecular weight is 246 g/mol. The summed E-state index contributed by atoms with van der Waals surface area (Å²) in [6.07, 6.45) is -0.433. The number of hydrogen-bond donors (Lipinski definition) is 1. The molecule has 0 amide bonds. The first-order chi connectivity index (χ1) is 7.77. The zero-order valence-electron chi connectivity index (χ0n) is 10.9. The second-order valence-electron chi connectivity index (χ2n) is 5.62. The fourth-order valence-corrected chi connectivity index (χ4v) is 2.21. The first kappa shape index (κ1) is 13.2. The number of aliphatic hydroxyl groups excluding tert-OH is 1. The van der Waals surface area contributed by atoms with Crippen LogP contribution in [0.1, 0.15) is 34.1 Å². The normalized spacial score (nSPS) is 37.2. The fraction of sp³-hybridized carbons (Fsp3) is 1.00. The Hall–Kier alpha value is -0.200. The Balaban J connectivity index is 1.80. The van der Waals surface area contributed by atoms with E-state index in [1.165, 1.54) is 0 Å². The molecule has 2 aliphatic rings. The van der Waals surface area contributed by atoms with Crippen molar-refractivity contribution in [2.24, 2.45) is 0 Å². The SMILES string of the molecule is CC1(C)OC[C@H](C[C@H](O)[C@H]2COC(C)(C)O2)O1. The van der Waals surface area contributed by atoms with Crippen LogP contribution in [0, 0.1) is 0 Å². The third-order valence-electron chi connectivity index (χ3n) is 3.03. The van der Waals surface area contributed by atoms with E-state index in [0.29, 0.717) is 19.6 Å². The van der Waals surface area contributed by atoms with Gasteiger partial charge < -0.3 is 24.1 Å². The van der Waals surface area contributed by atoms with Crippen LogP contribution in [0.25, 0.3) is 0 Å². The molecule has 0 radical (unpaired) electrons. The Morgan fingerprint density at radius 2 is 1.65 bits per heavy atom. The maximum atomic E-state index is 10.1. The van der Waals surface area contributed by atoms with Gasteiger partial charge in [0.2, 0.25) is 0 Å². The summed E-state index contributed by atoms with van der Waals surface area (Å²) in [6, 6.07) is 0. The van der Waals surface area contributed by atoms with Crippen molar-refractivity contribution in [1.29, 1.82) is 0 Å². The Morgan fingerprint density at radius 3 is 2.12 bits per heavy atom. The fourth-order valence-electron chi connectivity index (χ4n) is 2.21. The van der Waals surface area contributed by atoms with Crippen LogP contribution >= 0.6 is 0 Å². The van der Waals surface area contributed by atoms with Crippen molar-refractivity contribution < 1.29 is 24.1 Å². The minimum Gasteiger partial charge on any atom is -0.390 e. The van der Waals surface area contributed by atoms with Gasteiger partial charge in [0.1, 0.15) is 6.10 Å². The topological polar surface area (TPSA) is 57.2 Å². The van der Waals surface area contributed by atoms with Crippen molar-refractivity contribution in [3.63, 3.8) is 0 Å². The molecule has 0 aromatic rings. The van der Waals surface area contributed by atoms with Crippen molar-refractivity contribution in [3.05, 3.63) is 0 Å². The van der Waals surface area contributed by atoms with Gasteiger partial charge in [-0.2, -0.15) is 0 Å². The summed E-state index contributed by atoms with van der Waals surface area (Å²) in [4.78, 5) is 0. The summed E-state index contributed by atoms with van der Waals surface area (Å²) in [5.41, 5.74) is 0. The standard InChI is InChI=1S/C12H22O5/c1-11(2)14-6-8(16-11)5-9(13)10-7-15-12(3,4)17-10/h8-10,13H,5-7H2,1-4H3/t8-,9-,10+/m0/s1. The highest BCUT2D eigenvalue weighted by Gasteiger charge is 2.40. The Bertz CT molecular complexity index is 276. The van der Waals surface area contributed by atoms with Crippen molar-refractivity contribution in [2.45, 2.75) is 64.0 Å². The molecule has 2 aliphatic heterocycles. The van der Waals surface area contributed by atoms with Crippen LogP contribution in [0.5, 0.6) is 0 Å². The second-order valence-corrected chi connectivity index (χ2v) is 5.62. The van der Waals surface area contributed by atoms with Crippen LogP contribution in [0.3, 0.4) is 0 Å². The molecular weight excluding hydrogens is 224 g/mol. The molecule has 2 heterocycles. The molecule has 2 saturated heterocycles. The Morgan fingerprint density at radius 1 is 1.06 bits per heavy atom. The number of aliphatic hydroxyl groups is 1. The molecule has 0 aromatic heterocycles. The third-order valence-corrected chi connectivity index (χ3v) is 3.03. The molecule has 0 spiro atoms. The highest BCUT2D eigenvalue weighted by Crippen LogP contribution is 2.29. The predicted octanol–water partition coefficient (Wildman–Crippen LogP) is 1.04. The van der Waals surface area contributed by atoms with Gasteiger partial charge in [-0.25, -0.2) is 0 Å². The van der Waals surface area contributed by atoms with Crippen LogP contribution in [0.4, 0.5) is 0 Å². The van der Waals surface area contributed by atoms with E-state index in [4.69, 9.17) is 18.9 Å². The molecule has 1 N–H and O–H groups in total. The predicted molar refractivity (Wildman–Crippen MR) is 60.4 cm³/mol. The summed E-state index contributed by atoms with van der Waals surface area (Å²) in [7, 11) is 0. The molecule has 3 atom stereocenters. The van der Waals surface area contributed by atoms with Crippen LogP contribution in [-0.2, 0) is 18.9 Å². The van der Waals surface area contributed by atoms with Gasteiger partial charge in [-0.15, -0.1) is 0 Å². The lowest BCUT2D eigenvalue weighted by Crippen LogP contribution is -2.34. The van der Waals surface area contributed by atoms with Crippen molar-refractivity contribution in [2.75, 3.05) is 13.2 Å². The van der Waals surface area contributed by atoms with Gasteiger partial charge in [0.25, 0.3) is 0 Å². The van der Waals surface area contributed by atoms with E-state index in [1.807, 2.05) is 27.7 Å². The van der Waals surface area contributed by atoms with E-state index in [0.717, 1.165) is 0 Å². The van der Waals surface area contributed by atoms with Gasteiger partial charge in [-0.1, -0.05) is 0 Å². The van der Waals surface area contributed by atoms with E-state index in [9.17, 15) is 5.11 Å². The summed E-state index contributed by atoms with van der Waals surface area (Å²) in [5, 5.41) is 10.1. The second kappa shape index (κ2) is 4.48. The summed E-state index contributed by atoms with van der Waals surface area (Å²) in [5.74, 6) is -1.14. The minimum atomic E-state index is -0.599. The lowest BCUT2D eigenvalue weighted by atomic mass is 10.1. The van der Waals surface area contributed by atoms with Crippen LogP contribution in [-0.4, -0.2) is 48.2 Å². The molecule has 2 rings (SSSR count). The molecule has 5 nitrogen and oxygen atoms in total. The van der Waals surface area contributed by atoms with E-state index < -0.39 is 17.7 Å². The minimum absolute atomic E-state index is 0.0766. The van der Waals surface area contributed by atoms with Gasteiger partial charge in [0.15, 0.2) is 11.6 Å². The van der Waals surface area contributed by atoms with Crippen LogP contribution in [0.15, 0.2) is 0 Å². The quantitative estimate of drug-likeness (QED) is 0.806. The van der Waals surface area contributed by atoms with E-state index in [1.54, 1.807) is 0 Å². The third kappa shape index (κ3) is 3.39. The van der Waals surface area contributed by atoms with Gasteiger partial charge in [-0.05, 0) is 27.7 Å². The highest BCUT2D eigenvalue weighted by molar-refractivity contribution is 4.82. The molecule has 0 unspecified atom stereocenters. The van der Waals surface area contributed by atoms with Crippen LogP contribution in [0.2, 0.25) is 0 Å². The zero-order valence-corrected chi connectivity index (χ0v) is 10.9. The Labute approximate surface area is 102 Å². The van der Waals surface area contributed by atoms with E-state index in [2.05, 4.69) is 0 Å². The van der Waals surface area contributed by atoms with Crippen molar-refractivity contribution in [1.82, 2.24) is 0 Å². The number of rotatable bonds is 3. The summed E-state index contributed by atoms with van der Waals surface area (Å²) >= 11 is 0. The van der Waals surface area contributed by atoms with Gasteiger partial charge in [0.05, 0.1) is 25.4 Å². The first-order valence-electron chi connectivity index (χ1n) is 6.09. The van der Waals surface area contributed by atoms with E-state index >= 15 is 0 Å². The monoisotopic (exact) mass is 246 g/mol. The molecular formula is C12H22O5. The number of hydrogen-bond acceptors (Lipinski definition) is 5. The van der Waals surface area contributed by atoms with Gasteiger partial charge >= 0.3 is 0 Å². The van der Waals surface area contributed by atoms with E-state index in [-0.39, 0.29) is 12.2 Å². The largest absolute Gasteiger partial charge is 0.390 e. The molecule has 17 heavy (non-hydrogen) atoms. The molecule has 100 valence electrons. The van der Waals surface area contributed by atoms with Crippen LogP contribution < -0.4 is 0 Å². The lowest BCUT2D eigenvalue weighted by Gasteiger charge is -2.22. The van der Waals surface area contributed by atoms with Gasteiger partial charge in [-0.3, -0.25) is 0 Å². The van der Waals surface area contributed by atoms with Gasteiger partial charge in [0, 0.05) is 6.42 Å². The first-order valence-corrected chi connectivity index (χ1v) is 6.09. The maximum Gasteiger partial charge on any atom is 0.163 e. The zero-order chi connectivity index (χ0) is 12.7. The molecule has 0 bridgehead atoms. The van der Waals surface area contributed by atoms with Crippen molar-refractivity contribution in [3.8, 4) is 0 Å². The lowest BCUT2D eigenvalue weighted by molar-refractivity contribution is -0.160. The van der Waals surface area contributed by atoms with Crippen molar-refractivity contribution >= 4 is 0 Å². The number of ether oxygens (including phenoxy) is 4. The maximum absolute atomic E-state index is 10.1. The smallest absolute Gasteiger partial charge is 0.163 e.